The first-order valence-electron chi connectivity index (χ1n) is 4.63. The van der Waals surface area contributed by atoms with Gasteiger partial charge in [0.05, 0.1) is 0 Å². The van der Waals surface area contributed by atoms with E-state index in [4.69, 9.17) is 9.47 Å². The lowest BCUT2D eigenvalue weighted by atomic mass is 10.1. The van der Waals surface area contributed by atoms with Crippen molar-refractivity contribution in [2.75, 3.05) is 0 Å². The monoisotopic (exact) mass is 182 g/mol. The highest BCUT2D eigenvalue weighted by Crippen LogP contribution is 2.37. The predicted molar refractivity (Wildman–Crippen MR) is 47.2 cm³/mol. The molecule has 0 saturated carbocycles. The second-order valence-corrected chi connectivity index (χ2v) is 3.95. The van der Waals surface area contributed by atoms with Gasteiger partial charge >= 0.3 is 0 Å². The van der Waals surface area contributed by atoms with Crippen LogP contribution in [0, 0.1) is 0 Å². The Morgan fingerprint density at radius 1 is 1.38 bits per heavy atom. The van der Waals surface area contributed by atoms with Gasteiger partial charge in [0.15, 0.2) is 17.7 Å². The van der Waals surface area contributed by atoms with Crippen LogP contribution in [-0.2, 0) is 14.3 Å². The zero-order valence-corrected chi connectivity index (χ0v) is 8.16. The molecule has 1 saturated heterocycles. The van der Waals surface area contributed by atoms with E-state index in [1.165, 1.54) is 0 Å². The van der Waals surface area contributed by atoms with Gasteiger partial charge in [0.2, 0.25) is 0 Å². The van der Waals surface area contributed by atoms with E-state index in [1.807, 2.05) is 20.8 Å². The first-order valence-corrected chi connectivity index (χ1v) is 4.63. The number of ether oxygens (including phenoxy) is 2. The lowest BCUT2D eigenvalue weighted by molar-refractivity contribution is -0.153. The molecule has 0 aromatic heterocycles. The minimum atomic E-state index is -0.611. The van der Waals surface area contributed by atoms with Crippen LogP contribution in [-0.4, -0.2) is 23.8 Å². The molecule has 3 nitrogen and oxygen atoms in total. The molecule has 1 fully saturated rings. The second kappa shape index (κ2) is 2.66. The molecule has 0 N–H and O–H groups in total. The van der Waals surface area contributed by atoms with Crippen LogP contribution >= 0.6 is 0 Å². The Morgan fingerprint density at radius 2 is 2.00 bits per heavy atom. The molecule has 2 atom stereocenters. The van der Waals surface area contributed by atoms with Crippen molar-refractivity contribution >= 4 is 5.78 Å². The molecule has 2 aliphatic rings. The summed E-state index contributed by atoms with van der Waals surface area (Å²) in [5.41, 5.74) is 1.06. The molecule has 0 bridgehead atoms. The van der Waals surface area contributed by atoms with Gasteiger partial charge in [-0.15, -0.1) is 0 Å². The minimum absolute atomic E-state index is 0.0485. The molecule has 0 radical (unpaired) electrons. The van der Waals surface area contributed by atoms with Gasteiger partial charge in [0, 0.05) is 0 Å². The topological polar surface area (TPSA) is 35.5 Å². The molecule has 0 amide bonds. The van der Waals surface area contributed by atoms with Crippen molar-refractivity contribution in [1.29, 1.82) is 0 Å². The number of carbonyl (C=O) groups is 1. The first kappa shape index (κ1) is 8.91. The van der Waals surface area contributed by atoms with E-state index in [-0.39, 0.29) is 18.0 Å². The summed E-state index contributed by atoms with van der Waals surface area (Å²) >= 11 is 0. The van der Waals surface area contributed by atoms with Crippen molar-refractivity contribution in [3.05, 3.63) is 11.6 Å². The van der Waals surface area contributed by atoms with E-state index < -0.39 is 5.79 Å². The summed E-state index contributed by atoms with van der Waals surface area (Å²) in [5.74, 6) is -0.563. The number of ketones is 1. The number of rotatable bonds is 1. The fourth-order valence-corrected chi connectivity index (χ4v) is 1.89. The summed E-state index contributed by atoms with van der Waals surface area (Å²) in [5, 5.41) is 0. The molecular formula is C10H14O3. The third-order valence-corrected chi connectivity index (χ3v) is 2.48. The molecule has 13 heavy (non-hydrogen) atoms. The lowest BCUT2D eigenvalue weighted by Crippen LogP contribution is -2.25. The summed E-state index contributed by atoms with van der Waals surface area (Å²) in [4.78, 5) is 11.4. The average Bonchev–Trinajstić information content (AvgIpc) is 2.47. The molecule has 1 aliphatic carbocycles. The molecule has 3 heteroatoms. The fourth-order valence-electron chi connectivity index (χ4n) is 1.89. The largest absolute Gasteiger partial charge is 0.340 e. The Morgan fingerprint density at radius 3 is 2.62 bits per heavy atom. The summed E-state index contributed by atoms with van der Waals surface area (Å²) < 4.78 is 11.1. The van der Waals surface area contributed by atoms with Crippen molar-refractivity contribution < 1.29 is 14.3 Å². The molecular weight excluding hydrogens is 168 g/mol. The van der Waals surface area contributed by atoms with Crippen molar-refractivity contribution in [1.82, 2.24) is 0 Å². The van der Waals surface area contributed by atoms with Gasteiger partial charge in [0.1, 0.15) is 6.10 Å². The molecule has 0 aromatic rings. The molecule has 1 heterocycles. The highest BCUT2D eigenvalue weighted by molar-refractivity contribution is 5.98. The Balaban J connectivity index is 2.24. The van der Waals surface area contributed by atoms with E-state index >= 15 is 0 Å². The van der Waals surface area contributed by atoms with Crippen molar-refractivity contribution in [3.63, 3.8) is 0 Å². The molecule has 0 aromatic carbocycles. The van der Waals surface area contributed by atoms with Crippen LogP contribution in [0.25, 0.3) is 0 Å². The maximum absolute atomic E-state index is 11.4. The van der Waals surface area contributed by atoms with E-state index in [0.29, 0.717) is 0 Å². The number of fused-ring (bicyclic) bond motifs is 1. The number of hydrogen-bond acceptors (Lipinski definition) is 3. The van der Waals surface area contributed by atoms with Gasteiger partial charge in [-0.05, 0) is 31.9 Å². The SMILES string of the molecule is CCC1=CC(=O)[C@@H]2OC(C)(C)O[C@H]12. The smallest absolute Gasteiger partial charge is 0.187 e. The molecule has 0 unspecified atom stereocenters. The Labute approximate surface area is 77.7 Å². The highest BCUT2D eigenvalue weighted by Gasteiger charge is 2.48. The average molecular weight is 182 g/mol. The van der Waals surface area contributed by atoms with Crippen LogP contribution < -0.4 is 0 Å². The Bertz CT molecular complexity index is 278. The van der Waals surface area contributed by atoms with Crippen LogP contribution in [0.4, 0.5) is 0 Å². The van der Waals surface area contributed by atoms with Gasteiger partial charge in [0.25, 0.3) is 0 Å². The molecule has 0 spiro atoms. The van der Waals surface area contributed by atoms with E-state index in [0.717, 1.165) is 12.0 Å². The van der Waals surface area contributed by atoms with Crippen LogP contribution in [0.3, 0.4) is 0 Å². The van der Waals surface area contributed by atoms with Gasteiger partial charge in [-0.1, -0.05) is 6.92 Å². The number of hydrogen-bond donors (Lipinski definition) is 0. The van der Waals surface area contributed by atoms with Crippen LogP contribution in [0.2, 0.25) is 0 Å². The maximum Gasteiger partial charge on any atom is 0.187 e. The second-order valence-electron chi connectivity index (χ2n) is 3.95. The van der Waals surface area contributed by atoms with Crippen molar-refractivity contribution in [2.45, 2.75) is 45.2 Å². The van der Waals surface area contributed by atoms with E-state index in [2.05, 4.69) is 0 Å². The van der Waals surface area contributed by atoms with E-state index in [9.17, 15) is 4.79 Å². The Hall–Kier alpha value is -0.670. The first-order chi connectivity index (χ1) is 6.03. The predicted octanol–water partition coefficient (Wildman–Crippen LogP) is 1.43. The third kappa shape index (κ3) is 1.32. The lowest BCUT2D eigenvalue weighted by Gasteiger charge is -2.17. The third-order valence-electron chi connectivity index (χ3n) is 2.48. The summed E-state index contributed by atoms with van der Waals surface area (Å²) in [7, 11) is 0. The van der Waals surface area contributed by atoms with Gasteiger partial charge in [-0.25, -0.2) is 0 Å². The quantitative estimate of drug-likeness (QED) is 0.615. The summed E-state index contributed by atoms with van der Waals surface area (Å²) in [6.07, 6.45) is 1.99. The minimum Gasteiger partial charge on any atom is -0.340 e. The van der Waals surface area contributed by atoms with E-state index in [1.54, 1.807) is 6.08 Å². The summed E-state index contributed by atoms with van der Waals surface area (Å²) in [6.45, 7) is 5.70. The molecule has 1 aliphatic heterocycles. The van der Waals surface area contributed by atoms with Crippen LogP contribution in [0.15, 0.2) is 11.6 Å². The van der Waals surface area contributed by atoms with Gasteiger partial charge in [-0.2, -0.15) is 0 Å². The highest BCUT2D eigenvalue weighted by atomic mass is 16.8. The van der Waals surface area contributed by atoms with Gasteiger partial charge < -0.3 is 9.47 Å². The normalized spacial score (nSPS) is 36.2. The number of carbonyl (C=O) groups excluding carboxylic acids is 1. The maximum atomic E-state index is 11.4. The zero-order valence-electron chi connectivity index (χ0n) is 8.16. The van der Waals surface area contributed by atoms with Crippen molar-refractivity contribution in [3.8, 4) is 0 Å². The molecule has 72 valence electrons. The molecule has 2 rings (SSSR count). The Kier molecular flexibility index (Phi) is 1.82. The van der Waals surface area contributed by atoms with Crippen LogP contribution in [0.1, 0.15) is 27.2 Å². The zero-order chi connectivity index (χ0) is 9.64. The standard InChI is InChI=1S/C10H14O3/c1-4-6-5-7(11)9-8(6)12-10(2,3)13-9/h5,8-9H,4H2,1-3H3/t8-,9+/m1/s1. The van der Waals surface area contributed by atoms with Crippen molar-refractivity contribution in [2.24, 2.45) is 0 Å². The summed E-state index contributed by atoms with van der Waals surface area (Å²) in [6, 6.07) is 0. The fraction of sp³-hybridized carbons (Fsp3) is 0.700. The van der Waals surface area contributed by atoms with Gasteiger partial charge in [-0.3, -0.25) is 4.79 Å². The van der Waals surface area contributed by atoms with Crippen LogP contribution in [0.5, 0.6) is 0 Å².